The second-order valence-electron chi connectivity index (χ2n) is 6.50. The maximum absolute atomic E-state index is 13.1. The second-order valence-corrected chi connectivity index (χ2v) is 9.44. The number of benzene rings is 2. The predicted octanol–water partition coefficient (Wildman–Crippen LogP) is 3.51. The lowest BCUT2D eigenvalue weighted by molar-refractivity contribution is 0.385. The van der Waals surface area contributed by atoms with Crippen molar-refractivity contribution in [2.24, 2.45) is 0 Å². The van der Waals surface area contributed by atoms with Crippen LogP contribution in [0.1, 0.15) is 12.5 Å². The van der Waals surface area contributed by atoms with Gasteiger partial charge >= 0.3 is 0 Å². The molecule has 2 heterocycles. The van der Waals surface area contributed by atoms with Gasteiger partial charge in [0.25, 0.3) is 0 Å². The van der Waals surface area contributed by atoms with Gasteiger partial charge in [0.2, 0.25) is 10.0 Å². The molecule has 27 heavy (non-hydrogen) atoms. The summed E-state index contributed by atoms with van der Waals surface area (Å²) in [6, 6.07) is 11.3. The van der Waals surface area contributed by atoms with E-state index in [1.807, 2.05) is 6.07 Å². The molecular formula is C19H20FN3O2S2. The molecule has 3 aromatic rings. The van der Waals surface area contributed by atoms with Crippen LogP contribution < -0.4 is 4.90 Å². The molecule has 0 N–H and O–H groups in total. The summed E-state index contributed by atoms with van der Waals surface area (Å²) in [6.07, 6.45) is 0.989. The molecule has 2 aromatic carbocycles. The molecule has 0 bridgehead atoms. The Morgan fingerprint density at radius 2 is 1.78 bits per heavy atom. The fraction of sp³-hybridized carbons (Fsp3) is 0.316. The number of anilines is 1. The van der Waals surface area contributed by atoms with Crippen LogP contribution in [-0.4, -0.2) is 43.9 Å². The molecule has 1 fully saturated rings. The zero-order valence-electron chi connectivity index (χ0n) is 14.9. The zero-order chi connectivity index (χ0) is 19.0. The van der Waals surface area contributed by atoms with Crippen molar-refractivity contribution < 1.29 is 12.8 Å². The first-order valence-corrected chi connectivity index (χ1v) is 11.1. The lowest BCUT2D eigenvalue weighted by atomic mass is 10.2. The van der Waals surface area contributed by atoms with Crippen molar-refractivity contribution in [1.82, 2.24) is 9.29 Å². The Balaban J connectivity index is 1.49. The quantitative estimate of drug-likeness (QED) is 0.667. The minimum absolute atomic E-state index is 0.129. The van der Waals surface area contributed by atoms with Crippen LogP contribution in [0, 0.1) is 5.82 Å². The summed E-state index contributed by atoms with van der Waals surface area (Å²) in [5.41, 5.74) is 2.27. The van der Waals surface area contributed by atoms with Crippen molar-refractivity contribution in [1.29, 1.82) is 0 Å². The lowest BCUT2D eigenvalue weighted by Crippen LogP contribution is -2.48. The van der Waals surface area contributed by atoms with Gasteiger partial charge in [0.15, 0.2) is 5.13 Å². The number of aromatic nitrogens is 1. The largest absolute Gasteiger partial charge is 0.345 e. The third-order valence-electron chi connectivity index (χ3n) is 4.81. The molecule has 4 rings (SSSR count). The monoisotopic (exact) mass is 405 g/mol. The first-order valence-electron chi connectivity index (χ1n) is 8.87. The predicted molar refractivity (Wildman–Crippen MR) is 106 cm³/mol. The summed E-state index contributed by atoms with van der Waals surface area (Å²) in [7, 11) is -3.60. The van der Waals surface area contributed by atoms with Gasteiger partial charge in [-0.15, -0.1) is 0 Å². The number of hydrogen-bond donors (Lipinski definition) is 0. The Morgan fingerprint density at radius 1 is 1.07 bits per heavy atom. The second kappa shape index (κ2) is 7.18. The smallest absolute Gasteiger partial charge is 0.243 e. The molecule has 1 aliphatic heterocycles. The minimum Gasteiger partial charge on any atom is -0.345 e. The van der Waals surface area contributed by atoms with Crippen molar-refractivity contribution in [3.63, 3.8) is 0 Å². The number of nitrogens with zero attached hydrogens (tertiary/aromatic N) is 3. The van der Waals surface area contributed by atoms with Crippen LogP contribution in [0.2, 0.25) is 0 Å². The average Bonchev–Trinajstić information content (AvgIpc) is 3.11. The SMILES string of the molecule is CCc1ccc2nc(N3CCN(S(=O)(=O)c4ccc(F)cc4)CC3)sc2c1. The third-order valence-corrected chi connectivity index (χ3v) is 7.80. The Labute approximate surface area is 162 Å². The summed E-state index contributed by atoms with van der Waals surface area (Å²) >= 11 is 1.65. The van der Waals surface area contributed by atoms with Gasteiger partial charge in [0.05, 0.1) is 15.1 Å². The minimum atomic E-state index is -3.60. The number of sulfonamides is 1. The highest BCUT2D eigenvalue weighted by Gasteiger charge is 2.29. The van der Waals surface area contributed by atoms with Crippen LogP contribution >= 0.6 is 11.3 Å². The van der Waals surface area contributed by atoms with E-state index < -0.39 is 15.8 Å². The summed E-state index contributed by atoms with van der Waals surface area (Å²) < 4.78 is 41.1. The fourth-order valence-corrected chi connectivity index (χ4v) is 5.69. The van der Waals surface area contributed by atoms with Crippen molar-refractivity contribution >= 4 is 36.7 Å². The number of piperazine rings is 1. The maximum atomic E-state index is 13.1. The molecule has 0 amide bonds. The topological polar surface area (TPSA) is 53.5 Å². The zero-order valence-corrected chi connectivity index (χ0v) is 16.6. The van der Waals surface area contributed by atoms with Crippen molar-refractivity contribution in [3.05, 3.63) is 53.8 Å². The first-order chi connectivity index (χ1) is 13.0. The van der Waals surface area contributed by atoms with E-state index in [0.717, 1.165) is 21.8 Å². The Morgan fingerprint density at radius 3 is 2.44 bits per heavy atom. The third kappa shape index (κ3) is 3.56. The lowest BCUT2D eigenvalue weighted by Gasteiger charge is -2.33. The average molecular weight is 406 g/mol. The maximum Gasteiger partial charge on any atom is 0.243 e. The van der Waals surface area contributed by atoms with Gasteiger partial charge in [0, 0.05) is 26.2 Å². The standard InChI is InChI=1S/C19H20FN3O2S2/c1-2-14-3-8-17-18(13-14)26-19(21-17)22-9-11-23(12-10-22)27(24,25)16-6-4-15(20)5-7-16/h3-8,13H,2,9-12H2,1H3. The van der Waals surface area contributed by atoms with Gasteiger partial charge in [-0.05, 0) is 48.4 Å². The fourth-order valence-electron chi connectivity index (χ4n) is 3.19. The van der Waals surface area contributed by atoms with Crippen LogP contribution in [0.3, 0.4) is 0 Å². The highest BCUT2D eigenvalue weighted by Crippen LogP contribution is 2.31. The van der Waals surface area contributed by atoms with E-state index in [1.165, 1.54) is 34.1 Å². The van der Waals surface area contributed by atoms with Crippen LogP contribution in [0.4, 0.5) is 9.52 Å². The molecule has 1 aliphatic rings. The molecule has 0 atom stereocenters. The summed E-state index contributed by atoms with van der Waals surface area (Å²) in [5.74, 6) is -0.444. The first kappa shape index (κ1) is 18.3. The number of fused-ring (bicyclic) bond motifs is 1. The molecule has 5 nitrogen and oxygen atoms in total. The van der Waals surface area contributed by atoms with Crippen LogP contribution in [0.15, 0.2) is 47.4 Å². The normalized spacial score (nSPS) is 16.1. The van der Waals surface area contributed by atoms with E-state index in [0.29, 0.717) is 26.2 Å². The molecular weight excluding hydrogens is 385 g/mol. The van der Waals surface area contributed by atoms with E-state index in [2.05, 4.69) is 24.0 Å². The van der Waals surface area contributed by atoms with E-state index in [4.69, 9.17) is 4.98 Å². The van der Waals surface area contributed by atoms with Gasteiger partial charge < -0.3 is 4.90 Å². The molecule has 0 saturated carbocycles. The summed E-state index contributed by atoms with van der Waals surface area (Å²) in [6.45, 7) is 4.07. The number of hydrogen-bond acceptors (Lipinski definition) is 5. The van der Waals surface area contributed by atoms with Crippen molar-refractivity contribution in [3.8, 4) is 0 Å². The van der Waals surface area contributed by atoms with Crippen LogP contribution in [-0.2, 0) is 16.4 Å². The number of halogens is 1. The van der Waals surface area contributed by atoms with Gasteiger partial charge in [0.1, 0.15) is 5.82 Å². The number of rotatable bonds is 4. The number of thiazole rings is 1. The molecule has 0 aliphatic carbocycles. The van der Waals surface area contributed by atoms with Gasteiger partial charge in [-0.2, -0.15) is 4.31 Å². The Hall–Kier alpha value is -2.03. The van der Waals surface area contributed by atoms with Crippen molar-refractivity contribution in [2.45, 2.75) is 18.2 Å². The molecule has 142 valence electrons. The van der Waals surface area contributed by atoms with E-state index in [1.54, 1.807) is 11.3 Å². The summed E-state index contributed by atoms with van der Waals surface area (Å²) in [5, 5.41) is 0.928. The van der Waals surface area contributed by atoms with Crippen molar-refractivity contribution in [2.75, 3.05) is 31.1 Å². The Kier molecular flexibility index (Phi) is 4.88. The van der Waals surface area contributed by atoms with Gasteiger partial charge in [-0.3, -0.25) is 0 Å². The Bertz CT molecular complexity index is 1060. The molecule has 0 radical (unpaired) electrons. The number of aryl methyl sites for hydroxylation is 1. The summed E-state index contributed by atoms with van der Waals surface area (Å²) in [4.78, 5) is 6.96. The van der Waals surface area contributed by atoms with Crippen LogP contribution in [0.5, 0.6) is 0 Å². The van der Waals surface area contributed by atoms with Crippen LogP contribution in [0.25, 0.3) is 10.2 Å². The molecule has 0 unspecified atom stereocenters. The highest BCUT2D eigenvalue weighted by atomic mass is 32.2. The molecule has 1 aromatic heterocycles. The van der Waals surface area contributed by atoms with Gasteiger partial charge in [-0.25, -0.2) is 17.8 Å². The van der Waals surface area contributed by atoms with E-state index in [-0.39, 0.29) is 4.90 Å². The molecule has 0 spiro atoms. The molecule has 8 heteroatoms. The van der Waals surface area contributed by atoms with E-state index in [9.17, 15) is 12.8 Å². The van der Waals surface area contributed by atoms with E-state index >= 15 is 0 Å². The highest BCUT2D eigenvalue weighted by molar-refractivity contribution is 7.89. The van der Waals surface area contributed by atoms with Gasteiger partial charge in [-0.1, -0.05) is 24.3 Å². The molecule has 1 saturated heterocycles.